The molecule has 1 fully saturated rings. The molecule has 1 saturated carbocycles. The Morgan fingerprint density at radius 2 is 1.96 bits per heavy atom. The molecule has 1 aromatic heterocycles. The summed E-state index contributed by atoms with van der Waals surface area (Å²) < 4.78 is 6.30. The first-order chi connectivity index (χ1) is 12.7. The van der Waals surface area contributed by atoms with E-state index in [1.807, 2.05) is 30.5 Å². The number of aryl methyl sites for hydroxylation is 1. The lowest BCUT2D eigenvalue weighted by Crippen LogP contribution is -2.36. The highest BCUT2D eigenvalue weighted by atomic mass is 35.5. The van der Waals surface area contributed by atoms with Crippen LogP contribution in [0.1, 0.15) is 36.8 Å². The van der Waals surface area contributed by atoms with Gasteiger partial charge in [-0.1, -0.05) is 29.8 Å². The predicted octanol–water partition coefficient (Wildman–Crippen LogP) is 5.00. The van der Waals surface area contributed by atoms with Crippen LogP contribution in [0.15, 0.2) is 42.6 Å². The zero-order chi connectivity index (χ0) is 17.9. The molecule has 1 heterocycles. The Bertz CT molecular complexity index is 884. The first-order valence-corrected chi connectivity index (χ1v) is 9.64. The van der Waals surface area contributed by atoms with Gasteiger partial charge in [0.1, 0.15) is 5.75 Å². The van der Waals surface area contributed by atoms with Gasteiger partial charge in [0.25, 0.3) is 0 Å². The van der Waals surface area contributed by atoms with E-state index in [1.165, 1.54) is 0 Å². The number of aromatic nitrogens is 2. The number of rotatable bonds is 5. The predicted molar refractivity (Wildman–Crippen MR) is 106 cm³/mol. The maximum atomic E-state index is 6.30. The van der Waals surface area contributed by atoms with Gasteiger partial charge in [-0.25, -0.2) is 0 Å². The molecule has 3 aromatic rings. The van der Waals surface area contributed by atoms with Crippen LogP contribution in [0.4, 0.5) is 0 Å². The lowest BCUT2D eigenvalue weighted by Gasteiger charge is -2.30. The van der Waals surface area contributed by atoms with Crippen molar-refractivity contribution in [1.82, 2.24) is 15.5 Å². The molecular weight excluding hydrogens is 346 g/mol. The normalized spacial score (nSPS) is 20.4. The van der Waals surface area contributed by atoms with E-state index in [1.54, 1.807) is 0 Å². The topological polar surface area (TPSA) is 49.9 Å². The summed E-state index contributed by atoms with van der Waals surface area (Å²) >= 11 is 6.24. The van der Waals surface area contributed by atoms with Crippen LogP contribution in [0.3, 0.4) is 0 Å². The first kappa shape index (κ1) is 17.4. The van der Waals surface area contributed by atoms with E-state index in [0.717, 1.165) is 65.0 Å². The van der Waals surface area contributed by atoms with Crippen LogP contribution in [0.25, 0.3) is 10.9 Å². The average Bonchev–Trinajstić information content (AvgIpc) is 3.14. The third-order valence-electron chi connectivity index (χ3n) is 5.35. The lowest BCUT2D eigenvalue weighted by molar-refractivity contribution is 0.138. The molecular formula is C21H24ClN3O. The van der Waals surface area contributed by atoms with Crippen molar-refractivity contribution in [2.75, 3.05) is 0 Å². The van der Waals surface area contributed by atoms with Crippen molar-refractivity contribution in [2.24, 2.45) is 0 Å². The van der Waals surface area contributed by atoms with Crippen LogP contribution in [-0.4, -0.2) is 22.3 Å². The van der Waals surface area contributed by atoms with Crippen LogP contribution in [0.2, 0.25) is 5.02 Å². The summed E-state index contributed by atoms with van der Waals surface area (Å²) in [6, 6.07) is 12.7. The van der Waals surface area contributed by atoms with E-state index in [4.69, 9.17) is 16.3 Å². The number of hydrogen-bond acceptors (Lipinski definition) is 3. The second kappa shape index (κ2) is 7.68. The number of nitrogens with zero attached hydrogens (tertiary/aromatic N) is 1. The van der Waals surface area contributed by atoms with Gasteiger partial charge in [0, 0.05) is 28.6 Å². The maximum Gasteiger partial charge on any atom is 0.123 e. The van der Waals surface area contributed by atoms with Gasteiger partial charge in [-0.05, 0) is 56.4 Å². The van der Waals surface area contributed by atoms with Gasteiger partial charge >= 0.3 is 0 Å². The lowest BCUT2D eigenvalue weighted by atomic mass is 9.92. The fraction of sp³-hybridized carbons (Fsp3) is 0.381. The van der Waals surface area contributed by atoms with Gasteiger partial charge in [-0.15, -0.1) is 0 Å². The Morgan fingerprint density at radius 1 is 1.15 bits per heavy atom. The number of ether oxygens (including phenoxy) is 1. The van der Waals surface area contributed by atoms with Gasteiger partial charge in [0.05, 0.1) is 17.8 Å². The Labute approximate surface area is 158 Å². The molecule has 1 aliphatic rings. The maximum absolute atomic E-state index is 6.30. The van der Waals surface area contributed by atoms with E-state index in [0.29, 0.717) is 6.04 Å². The number of benzene rings is 2. The van der Waals surface area contributed by atoms with Crippen LogP contribution in [0, 0.1) is 6.92 Å². The molecule has 0 amide bonds. The Kier molecular flexibility index (Phi) is 5.14. The van der Waals surface area contributed by atoms with E-state index in [-0.39, 0.29) is 6.10 Å². The fourth-order valence-corrected chi connectivity index (χ4v) is 3.93. The molecule has 0 unspecified atom stereocenters. The highest BCUT2D eigenvalue weighted by Crippen LogP contribution is 2.30. The summed E-state index contributed by atoms with van der Waals surface area (Å²) in [7, 11) is 0. The molecule has 1 aliphatic carbocycles. The van der Waals surface area contributed by atoms with Crippen molar-refractivity contribution in [3.8, 4) is 5.75 Å². The quantitative estimate of drug-likeness (QED) is 0.665. The van der Waals surface area contributed by atoms with Crippen molar-refractivity contribution in [1.29, 1.82) is 0 Å². The molecule has 5 heteroatoms. The van der Waals surface area contributed by atoms with Crippen molar-refractivity contribution in [2.45, 2.75) is 51.3 Å². The summed E-state index contributed by atoms with van der Waals surface area (Å²) in [5, 5.41) is 12.7. The second-order valence-electron chi connectivity index (χ2n) is 7.08. The van der Waals surface area contributed by atoms with Crippen LogP contribution < -0.4 is 10.1 Å². The molecule has 0 radical (unpaired) electrons. The molecule has 4 rings (SSSR count). The molecule has 0 bridgehead atoms. The van der Waals surface area contributed by atoms with Gasteiger partial charge < -0.3 is 10.1 Å². The Morgan fingerprint density at radius 3 is 2.77 bits per heavy atom. The summed E-state index contributed by atoms with van der Waals surface area (Å²) in [6.07, 6.45) is 6.56. The van der Waals surface area contributed by atoms with Crippen LogP contribution in [0.5, 0.6) is 5.75 Å². The van der Waals surface area contributed by atoms with Crippen molar-refractivity contribution < 1.29 is 4.74 Å². The number of aromatic amines is 1. The van der Waals surface area contributed by atoms with E-state index < -0.39 is 0 Å². The fourth-order valence-electron chi connectivity index (χ4n) is 3.73. The first-order valence-electron chi connectivity index (χ1n) is 9.27. The zero-order valence-electron chi connectivity index (χ0n) is 15.0. The summed E-state index contributed by atoms with van der Waals surface area (Å²) in [5.74, 6) is 0.978. The molecule has 0 saturated heterocycles. The SMILES string of the molecule is Cc1c(O[C@H]2CC[C@H](NCc3ccccc3Cl)CC2)ccc2[nH]ncc12. The van der Waals surface area contributed by atoms with E-state index >= 15 is 0 Å². The zero-order valence-corrected chi connectivity index (χ0v) is 15.7. The van der Waals surface area contributed by atoms with Crippen molar-refractivity contribution >= 4 is 22.5 Å². The smallest absolute Gasteiger partial charge is 0.123 e. The average molecular weight is 370 g/mol. The molecule has 0 spiro atoms. The molecule has 2 aromatic carbocycles. The molecule has 0 aliphatic heterocycles. The Balaban J connectivity index is 1.30. The van der Waals surface area contributed by atoms with E-state index in [2.05, 4.69) is 34.6 Å². The van der Waals surface area contributed by atoms with Crippen LogP contribution in [-0.2, 0) is 6.54 Å². The number of H-pyrrole nitrogens is 1. The highest BCUT2D eigenvalue weighted by molar-refractivity contribution is 6.31. The summed E-state index contributed by atoms with van der Waals surface area (Å²) in [6.45, 7) is 2.93. The number of nitrogens with one attached hydrogen (secondary N) is 2. The molecule has 0 atom stereocenters. The standard InChI is InChI=1S/C21H24ClN3O/c1-14-18-13-24-25-20(18)10-11-21(14)26-17-8-6-16(7-9-17)23-12-15-4-2-3-5-19(15)22/h2-5,10-11,13,16-17,23H,6-9,12H2,1H3,(H,24,25)/t16-,17-. The van der Waals surface area contributed by atoms with Crippen LogP contribution >= 0.6 is 11.6 Å². The van der Waals surface area contributed by atoms with Crippen molar-refractivity contribution in [3.63, 3.8) is 0 Å². The third kappa shape index (κ3) is 3.71. The largest absolute Gasteiger partial charge is 0.490 e. The van der Waals surface area contributed by atoms with Gasteiger partial charge in [0.2, 0.25) is 0 Å². The monoisotopic (exact) mass is 369 g/mol. The van der Waals surface area contributed by atoms with Gasteiger partial charge in [-0.2, -0.15) is 5.10 Å². The van der Waals surface area contributed by atoms with Gasteiger partial charge in [0.15, 0.2) is 0 Å². The summed E-state index contributed by atoms with van der Waals surface area (Å²) in [4.78, 5) is 0. The van der Waals surface area contributed by atoms with Gasteiger partial charge in [-0.3, -0.25) is 5.10 Å². The molecule has 136 valence electrons. The minimum absolute atomic E-state index is 0.288. The molecule has 4 nitrogen and oxygen atoms in total. The number of halogens is 1. The number of fused-ring (bicyclic) bond motifs is 1. The third-order valence-corrected chi connectivity index (χ3v) is 5.72. The molecule has 2 N–H and O–H groups in total. The Hall–Kier alpha value is -2.04. The van der Waals surface area contributed by atoms with E-state index in [9.17, 15) is 0 Å². The molecule has 26 heavy (non-hydrogen) atoms. The summed E-state index contributed by atoms with van der Waals surface area (Å²) in [5.41, 5.74) is 3.38. The minimum Gasteiger partial charge on any atom is -0.490 e. The highest BCUT2D eigenvalue weighted by Gasteiger charge is 2.23. The van der Waals surface area contributed by atoms with Crippen molar-refractivity contribution in [3.05, 3.63) is 58.7 Å². The minimum atomic E-state index is 0.288. The number of hydrogen-bond donors (Lipinski definition) is 2. The second-order valence-corrected chi connectivity index (χ2v) is 7.49.